The third kappa shape index (κ3) is 4.23. The summed E-state index contributed by atoms with van der Waals surface area (Å²) in [5.41, 5.74) is 1.74. The molecule has 0 aliphatic rings. The number of rotatable bonds is 7. The molecular weight excluding hydrogens is 328 g/mol. The minimum atomic E-state index is -0.215. The van der Waals surface area contributed by atoms with E-state index >= 15 is 0 Å². The Morgan fingerprint density at radius 3 is 2.58 bits per heavy atom. The van der Waals surface area contributed by atoms with Gasteiger partial charge in [0, 0.05) is 25.7 Å². The Morgan fingerprint density at radius 2 is 1.92 bits per heavy atom. The van der Waals surface area contributed by atoms with E-state index in [1.807, 2.05) is 0 Å². The van der Waals surface area contributed by atoms with Gasteiger partial charge in [0.05, 0.1) is 18.4 Å². The third-order valence-electron chi connectivity index (χ3n) is 3.34. The highest BCUT2D eigenvalue weighted by atomic mass is 32.1. The summed E-state index contributed by atoms with van der Waals surface area (Å²) in [5, 5.41) is 9.21. The molecule has 7 nitrogen and oxygen atoms in total. The van der Waals surface area contributed by atoms with Crippen molar-refractivity contribution in [2.75, 3.05) is 32.6 Å². The summed E-state index contributed by atoms with van der Waals surface area (Å²) in [6, 6.07) is 6.89. The van der Waals surface area contributed by atoms with Gasteiger partial charge in [-0.1, -0.05) is 6.07 Å². The van der Waals surface area contributed by atoms with Gasteiger partial charge in [-0.2, -0.15) is 4.37 Å². The van der Waals surface area contributed by atoms with E-state index < -0.39 is 0 Å². The van der Waals surface area contributed by atoms with Crippen LogP contribution in [0.2, 0.25) is 0 Å². The van der Waals surface area contributed by atoms with Crippen molar-refractivity contribution in [1.29, 1.82) is 0 Å². The summed E-state index contributed by atoms with van der Waals surface area (Å²) >= 11 is 1.25. The van der Waals surface area contributed by atoms with Gasteiger partial charge in [-0.15, -0.1) is 0 Å². The quantitative estimate of drug-likeness (QED) is 0.662. The van der Waals surface area contributed by atoms with Gasteiger partial charge in [0.2, 0.25) is 0 Å². The Kier molecular flexibility index (Phi) is 6.14. The number of aryl methyl sites for hydroxylation is 1. The van der Waals surface area contributed by atoms with E-state index in [4.69, 9.17) is 4.74 Å². The monoisotopic (exact) mass is 348 g/mol. The summed E-state index contributed by atoms with van der Waals surface area (Å²) in [7, 11) is 3.30. The average Bonchev–Trinajstić information content (AvgIpc) is 2.99. The second-order valence-corrected chi connectivity index (χ2v) is 5.74. The number of aromatic nitrogens is 1. The fourth-order valence-corrected chi connectivity index (χ4v) is 2.86. The molecule has 24 heavy (non-hydrogen) atoms. The molecule has 8 heteroatoms. The molecule has 0 unspecified atom stereocenters. The summed E-state index contributed by atoms with van der Waals surface area (Å²) in [6.07, 6.45) is 0. The van der Waals surface area contributed by atoms with Gasteiger partial charge in [0.1, 0.15) is 10.8 Å². The molecule has 0 bridgehead atoms. The number of hydrogen-bond donors (Lipinski definition) is 3. The normalized spacial score (nSPS) is 10.1. The summed E-state index contributed by atoms with van der Waals surface area (Å²) in [5.74, 6) is 0.199. The number of nitrogens with one attached hydrogen (secondary N) is 3. The van der Waals surface area contributed by atoms with Gasteiger partial charge < -0.3 is 20.7 Å². The largest absolute Gasteiger partial charge is 0.497 e. The summed E-state index contributed by atoms with van der Waals surface area (Å²) in [6.45, 7) is 2.44. The van der Waals surface area contributed by atoms with Gasteiger partial charge in [0.25, 0.3) is 11.8 Å². The van der Waals surface area contributed by atoms with Crippen LogP contribution in [0.25, 0.3) is 0 Å². The van der Waals surface area contributed by atoms with Crippen molar-refractivity contribution < 1.29 is 14.3 Å². The lowest BCUT2D eigenvalue weighted by Gasteiger charge is -2.08. The molecular formula is C16H20N4O3S. The molecule has 0 saturated carbocycles. The van der Waals surface area contributed by atoms with E-state index in [1.165, 1.54) is 11.5 Å². The molecule has 1 aromatic carbocycles. The first kappa shape index (κ1) is 17.7. The van der Waals surface area contributed by atoms with Crippen molar-refractivity contribution in [2.24, 2.45) is 0 Å². The molecule has 2 aromatic rings. The van der Waals surface area contributed by atoms with Crippen molar-refractivity contribution in [1.82, 2.24) is 15.0 Å². The van der Waals surface area contributed by atoms with E-state index in [9.17, 15) is 9.59 Å². The van der Waals surface area contributed by atoms with Crippen LogP contribution in [0, 0.1) is 6.92 Å². The highest BCUT2D eigenvalue weighted by molar-refractivity contribution is 7.10. The first-order chi connectivity index (χ1) is 11.6. The van der Waals surface area contributed by atoms with Crippen molar-refractivity contribution in [2.45, 2.75) is 6.92 Å². The number of carbonyl (C=O) groups excluding carboxylic acids is 2. The molecule has 0 saturated heterocycles. The van der Waals surface area contributed by atoms with E-state index in [0.717, 1.165) is 5.00 Å². The minimum Gasteiger partial charge on any atom is -0.497 e. The standard InChI is InChI=1S/C16H20N4O3S/c1-10-13(16(17-2)24-20-10)15(22)19-8-7-18-14(21)11-5-4-6-12(9-11)23-3/h4-6,9,17H,7-8H2,1-3H3,(H,18,21)(H,19,22). The molecule has 0 radical (unpaired) electrons. The van der Waals surface area contributed by atoms with Crippen molar-refractivity contribution in [3.8, 4) is 5.75 Å². The number of benzene rings is 1. The molecule has 0 aliphatic heterocycles. The maximum absolute atomic E-state index is 12.2. The van der Waals surface area contributed by atoms with E-state index in [0.29, 0.717) is 35.7 Å². The minimum absolute atomic E-state index is 0.207. The molecule has 2 rings (SSSR count). The zero-order valence-electron chi connectivity index (χ0n) is 13.8. The molecule has 128 valence electrons. The van der Waals surface area contributed by atoms with Crippen molar-refractivity contribution in [3.05, 3.63) is 41.1 Å². The third-order valence-corrected chi connectivity index (χ3v) is 4.30. The fourth-order valence-electron chi connectivity index (χ4n) is 2.11. The van der Waals surface area contributed by atoms with Crippen LogP contribution in [0.15, 0.2) is 24.3 Å². The Bertz CT molecular complexity index is 730. The van der Waals surface area contributed by atoms with Gasteiger partial charge >= 0.3 is 0 Å². The van der Waals surface area contributed by atoms with Crippen LogP contribution in [-0.2, 0) is 0 Å². The first-order valence-electron chi connectivity index (χ1n) is 7.41. The average molecular weight is 348 g/mol. The Labute approximate surface area is 144 Å². The Hall–Kier alpha value is -2.61. The lowest BCUT2D eigenvalue weighted by Crippen LogP contribution is -2.35. The van der Waals surface area contributed by atoms with Gasteiger partial charge in [-0.3, -0.25) is 9.59 Å². The molecule has 3 N–H and O–H groups in total. The highest BCUT2D eigenvalue weighted by Gasteiger charge is 2.17. The molecule has 1 heterocycles. The van der Waals surface area contributed by atoms with Crippen LogP contribution in [0.3, 0.4) is 0 Å². The smallest absolute Gasteiger partial charge is 0.256 e. The van der Waals surface area contributed by atoms with E-state index in [2.05, 4.69) is 20.3 Å². The number of anilines is 1. The van der Waals surface area contributed by atoms with Crippen LogP contribution in [0.1, 0.15) is 26.4 Å². The van der Waals surface area contributed by atoms with Gasteiger partial charge in [-0.05, 0) is 36.7 Å². The Morgan fingerprint density at radius 1 is 1.21 bits per heavy atom. The predicted octanol–water partition coefficient (Wildman–Crippen LogP) is 1.66. The molecule has 0 spiro atoms. The van der Waals surface area contributed by atoms with Crippen LogP contribution in [0.4, 0.5) is 5.00 Å². The lowest BCUT2D eigenvalue weighted by atomic mass is 10.2. The SMILES string of the molecule is CNc1snc(C)c1C(=O)NCCNC(=O)c1cccc(OC)c1. The van der Waals surface area contributed by atoms with E-state index in [1.54, 1.807) is 45.3 Å². The molecule has 0 aliphatic carbocycles. The zero-order chi connectivity index (χ0) is 17.5. The number of carbonyl (C=O) groups is 2. The van der Waals surface area contributed by atoms with Crippen LogP contribution in [-0.4, -0.2) is 43.4 Å². The van der Waals surface area contributed by atoms with E-state index in [-0.39, 0.29) is 11.8 Å². The first-order valence-corrected chi connectivity index (χ1v) is 8.18. The fraction of sp³-hybridized carbons (Fsp3) is 0.312. The predicted molar refractivity (Wildman–Crippen MR) is 94.1 cm³/mol. The second kappa shape index (κ2) is 8.30. The van der Waals surface area contributed by atoms with Crippen LogP contribution >= 0.6 is 11.5 Å². The molecule has 0 fully saturated rings. The number of ether oxygens (including phenoxy) is 1. The summed E-state index contributed by atoms with van der Waals surface area (Å²) < 4.78 is 9.25. The molecule has 2 amide bonds. The van der Waals surface area contributed by atoms with Crippen LogP contribution < -0.4 is 20.7 Å². The van der Waals surface area contributed by atoms with Gasteiger partial charge in [-0.25, -0.2) is 0 Å². The topological polar surface area (TPSA) is 92.4 Å². The summed E-state index contributed by atoms with van der Waals surface area (Å²) in [4.78, 5) is 24.2. The highest BCUT2D eigenvalue weighted by Crippen LogP contribution is 2.23. The number of nitrogens with zero attached hydrogens (tertiary/aromatic N) is 1. The van der Waals surface area contributed by atoms with Gasteiger partial charge in [0.15, 0.2) is 0 Å². The van der Waals surface area contributed by atoms with Crippen LogP contribution in [0.5, 0.6) is 5.75 Å². The molecule has 0 atom stereocenters. The number of hydrogen-bond acceptors (Lipinski definition) is 6. The maximum atomic E-state index is 12.2. The number of amides is 2. The Balaban J connectivity index is 1.83. The number of methoxy groups -OCH3 is 1. The maximum Gasteiger partial charge on any atom is 0.256 e. The van der Waals surface area contributed by atoms with Crippen molar-refractivity contribution >= 4 is 28.3 Å². The lowest BCUT2D eigenvalue weighted by molar-refractivity contribution is 0.0927. The zero-order valence-corrected chi connectivity index (χ0v) is 14.6. The van der Waals surface area contributed by atoms with Crippen molar-refractivity contribution in [3.63, 3.8) is 0 Å². The molecule has 1 aromatic heterocycles. The second-order valence-electron chi connectivity index (χ2n) is 4.97.